The molecule has 1 aliphatic heterocycles. The first-order valence-corrected chi connectivity index (χ1v) is 5.22. The first-order valence-electron chi connectivity index (χ1n) is 5.22. The van der Waals surface area contributed by atoms with Crippen LogP contribution in [0.25, 0.3) is 0 Å². The number of carbonyl (C=O) groups is 2. The molecule has 17 heavy (non-hydrogen) atoms. The minimum atomic E-state index is -0.431. The van der Waals surface area contributed by atoms with E-state index in [0.29, 0.717) is 22.4 Å². The number of ether oxygens (including phenoxy) is 1. The van der Waals surface area contributed by atoms with Gasteiger partial charge in [0, 0.05) is 11.1 Å². The maximum Gasteiger partial charge on any atom is 0.348 e. The molecule has 0 N–H and O–H groups in total. The summed E-state index contributed by atoms with van der Waals surface area (Å²) in [6.45, 7) is 0. The van der Waals surface area contributed by atoms with Gasteiger partial charge in [0.15, 0.2) is 5.78 Å². The highest BCUT2D eigenvalue weighted by Crippen LogP contribution is 2.32. The Morgan fingerprint density at radius 3 is 2.41 bits per heavy atom. The summed E-state index contributed by atoms with van der Waals surface area (Å²) >= 11 is 0. The van der Waals surface area contributed by atoms with Crippen molar-refractivity contribution >= 4 is 11.8 Å². The number of benzene rings is 2. The fraction of sp³-hybridized carbons (Fsp3) is 0. The van der Waals surface area contributed by atoms with E-state index in [1.807, 2.05) is 6.07 Å². The van der Waals surface area contributed by atoms with Gasteiger partial charge in [0.25, 0.3) is 0 Å². The number of ketones is 1. The second-order valence-electron chi connectivity index (χ2n) is 3.76. The molecule has 0 amide bonds. The maximum absolute atomic E-state index is 12.2. The van der Waals surface area contributed by atoms with E-state index in [0.717, 1.165) is 0 Å². The number of fused-ring (bicyclic) bond motifs is 1. The van der Waals surface area contributed by atoms with E-state index in [4.69, 9.17) is 4.74 Å². The summed E-state index contributed by atoms with van der Waals surface area (Å²) in [4.78, 5) is 23.5. The summed E-state index contributed by atoms with van der Waals surface area (Å²) in [5.74, 6) is -0.101. The molecule has 0 radical (unpaired) electrons. The van der Waals surface area contributed by atoms with Crippen LogP contribution in [0.4, 0.5) is 0 Å². The van der Waals surface area contributed by atoms with Gasteiger partial charge >= 0.3 is 5.97 Å². The van der Waals surface area contributed by atoms with Gasteiger partial charge in [-0.15, -0.1) is 0 Å². The summed E-state index contributed by atoms with van der Waals surface area (Å²) in [6.07, 6.45) is 0. The molecule has 0 atom stereocenters. The summed E-state index contributed by atoms with van der Waals surface area (Å²) < 4.78 is 4.82. The zero-order valence-electron chi connectivity index (χ0n) is 8.84. The second-order valence-corrected chi connectivity index (χ2v) is 3.76. The average Bonchev–Trinajstić information content (AvgIpc) is 2.37. The third-order valence-electron chi connectivity index (χ3n) is 2.71. The quantitative estimate of drug-likeness (QED) is 0.581. The predicted molar refractivity (Wildman–Crippen MR) is 61.3 cm³/mol. The molecule has 0 unspecified atom stereocenters. The van der Waals surface area contributed by atoms with Crippen LogP contribution in [0.2, 0.25) is 0 Å². The van der Waals surface area contributed by atoms with Crippen molar-refractivity contribution in [1.29, 1.82) is 0 Å². The predicted octanol–water partition coefficient (Wildman–Crippen LogP) is 2.45. The Morgan fingerprint density at radius 1 is 0.941 bits per heavy atom. The Kier molecular flexibility index (Phi) is 2.05. The average molecular weight is 224 g/mol. The molecule has 0 saturated carbocycles. The SMILES string of the molecule is O=C(c1ccccc1)c1cccc2c1C(=O)O2. The number of rotatable bonds is 2. The normalized spacial score (nSPS) is 12.4. The zero-order chi connectivity index (χ0) is 11.8. The van der Waals surface area contributed by atoms with Crippen molar-refractivity contribution in [3.8, 4) is 5.75 Å². The fourth-order valence-corrected chi connectivity index (χ4v) is 1.87. The van der Waals surface area contributed by atoms with Crippen LogP contribution in [0.3, 0.4) is 0 Å². The Morgan fingerprint density at radius 2 is 1.71 bits per heavy atom. The minimum Gasteiger partial charge on any atom is -0.422 e. The molecule has 0 saturated heterocycles. The van der Waals surface area contributed by atoms with Crippen LogP contribution in [-0.2, 0) is 0 Å². The van der Waals surface area contributed by atoms with Crippen molar-refractivity contribution in [1.82, 2.24) is 0 Å². The molecule has 2 aromatic rings. The Labute approximate surface area is 97.6 Å². The van der Waals surface area contributed by atoms with E-state index in [2.05, 4.69) is 0 Å². The summed E-state index contributed by atoms with van der Waals surface area (Å²) in [5.41, 5.74) is 1.37. The highest BCUT2D eigenvalue weighted by atomic mass is 16.6. The van der Waals surface area contributed by atoms with Crippen molar-refractivity contribution in [2.45, 2.75) is 0 Å². The van der Waals surface area contributed by atoms with Crippen molar-refractivity contribution in [2.75, 3.05) is 0 Å². The smallest absolute Gasteiger partial charge is 0.348 e. The van der Waals surface area contributed by atoms with E-state index < -0.39 is 5.97 Å². The van der Waals surface area contributed by atoms with Crippen LogP contribution in [0.1, 0.15) is 26.3 Å². The van der Waals surface area contributed by atoms with E-state index >= 15 is 0 Å². The van der Waals surface area contributed by atoms with E-state index in [9.17, 15) is 9.59 Å². The van der Waals surface area contributed by atoms with Crippen molar-refractivity contribution in [2.24, 2.45) is 0 Å². The van der Waals surface area contributed by atoms with Gasteiger partial charge in [-0.05, 0) is 12.1 Å². The summed E-state index contributed by atoms with van der Waals surface area (Å²) in [7, 11) is 0. The maximum atomic E-state index is 12.2. The van der Waals surface area contributed by atoms with E-state index in [1.54, 1.807) is 42.5 Å². The molecule has 2 aromatic carbocycles. The van der Waals surface area contributed by atoms with Gasteiger partial charge in [0.2, 0.25) is 0 Å². The van der Waals surface area contributed by atoms with Crippen molar-refractivity contribution < 1.29 is 14.3 Å². The van der Waals surface area contributed by atoms with Gasteiger partial charge in [-0.2, -0.15) is 0 Å². The lowest BCUT2D eigenvalue weighted by Gasteiger charge is -2.19. The van der Waals surface area contributed by atoms with Crippen LogP contribution in [-0.4, -0.2) is 11.8 Å². The number of carbonyl (C=O) groups excluding carboxylic acids is 2. The Balaban J connectivity index is 2.10. The lowest BCUT2D eigenvalue weighted by Crippen LogP contribution is -2.24. The van der Waals surface area contributed by atoms with E-state index in [-0.39, 0.29) is 5.78 Å². The number of hydrogen-bond donors (Lipinski definition) is 0. The van der Waals surface area contributed by atoms with Crippen LogP contribution in [0.15, 0.2) is 48.5 Å². The number of hydrogen-bond acceptors (Lipinski definition) is 3. The van der Waals surface area contributed by atoms with Gasteiger partial charge in [0.1, 0.15) is 11.3 Å². The fourth-order valence-electron chi connectivity index (χ4n) is 1.87. The Hall–Kier alpha value is -2.42. The molecule has 82 valence electrons. The molecular weight excluding hydrogens is 216 g/mol. The van der Waals surface area contributed by atoms with E-state index in [1.165, 1.54) is 0 Å². The van der Waals surface area contributed by atoms with Crippen molar-refractivity contribution in [3.63, 3.8) is 0 Å². The van der Waals surface area contributed by atoms with Crippen LogP contribution >= 0.6 is 0 Å². The largest absolute Gasteiger partial charge is 0.422 e. The zero-order valence-corrected chi connectivity index (χ0v) is 8.84. The van der Waals surface area contributed by atoms with Crippen LogP contribution in [0, 0.1) is 0 Å². The molecule has 0 spiro atoms. The first kappa shape index (κ1) is 9.78. The molecular formula is C14H8O3. The van der Waals surface area contributed by atoms with Gasteiger partial charge < -0.3 is 4.74 Å². The van der Waals surface area contributed by atoms with Gasteiger partial charge in [-0.25, -0.2) is 4.79 Å². The minimum absolute atomic E-state index is 0.154. The van der Waals surface area contributed by atoms with Crippen molar-refractivity contribution in [3.05, 3.63) is 65.2 Å². The summed E-state index contributed by atoms with van der Waals surface area (Å²) in [6, 6.07) is 13.9. The Bertz CT molecular complexity index is 615. The molecule has 1 heterocycles. The molecule has 1 aliphatic rings. The molecule has 0 aromatic heterocycles. The third-order valence-corrected chi connectivity index (χ3v) is 2.71. The second kappa shape index (κ2) is 3.56. The molecule has 0 aliphatic carbocycles. The van der Waals surface area contributed by atoms with Crippen LogP contribution in [0.5, 0.6) is 5.75 Å². The molecule has 3 heteroatoms. The lowest BCUT2D eigenvalue weighted by atomic mass is 9.96. The molecule has 0 fully saturated rings. The van der Waals surface area contributed by atoms with Gasteiger partial charge in [-0.1, -0.05) is 36.4 Å². The van der Waals surface area contributed by atoms with Gasteiger partial charge in [-0.3, -0.25) is 4.79 Å². The monoisotopic (exact) mass is 224 g/mol. The lowest BCUT2D eigenvalue weighted by molar-refractivity contribution is 0.0653. The van der Waals surface area contributed by atoms with Gasteiger partial charge in [0.05, 0.1) is 0 Å². The highest BCUT2D eigenvalue weighted by Gasteiger charge is 2.31. The first-order chi connectivity index (χ1) is 8.27. The van der Waals surface area contributed by atoms with Crippen LogP contribution < -0.4 is 4.74 Å². The standard InChI is InChI=1S/C14H8O3/c15-13(9-5-2-1-3-6-9)10-7-4-8-11-12(10)14(16)17-11/h1-8H. The molecule has 3 nitrogen and oxygen atoms in total. The highest BCUT2D eigenvalue weighted by molar-refractivity contribution is 6.17. The topological polar surface area (TPSA) is 43.4 Å². The third kappa shape index (κ3) is 1.44. The summed E-state index contributed by atoms with van der Waals surface area (Å²) in [5, 5.41) is 0. The molecule has 3 rings (SSSR count). The molecule has 0 bridgehead atoms. The number of esters is 1.